The number of aromatic nitrogens is 6. The molecule has 19 rings (SSSR count). The van der Waals surface area contributed by atoms with Gasteiger partial charge in [-0.3, -0.25) is 0 Å². The van der Waals surface area contributed by atoms with E-state index in [2.05, 4.69) is 334 Å². The van der Waals surface area contributed by atoms with Crippen LogP contribution in [0.15, 0.2) is 334 Å². The average Bonchev–Trinajstić information content (AvgIpc) is 1.59. The Bertz CT molecular complexity index is 6040. The van der Waals surface area contributed by atoms with Gasteiger partial charge in [0.05, 0.1) is 67.2 Å². The Balaban J connectivity index is 0.717. The minimum atomic E-state index is 0.615. The number of para-hydroxylation sites is 6. The lowest BCUT2D eigenvalue weighted by Gasteiger charge is -2.14. The predicted octanol–water partition coefficient (Wildman–Crippen LogP) is 22.7. The normalized spacial score (nSPS) is 11.7. The smallest absolute Gasteiger partial charge is 0.160 e. The third-order valence-corrected chi connectivity index (χ3v) is 19.4. The second-order valence-corrected chi connectivity index (χ2v) is 24.8. The van der Waals surface area contributed by atoms with Crippen LogP contribution in [0.25, 0.3) is 177 Å². The molecule has 0 saturated heterocycles. The molecule has 0 fully saturated rings. The van der Waals surface area contributed by atoms with E-state index in [0.29, 0.717) is 11.4 Å². The van der Waals surface area contributed by atoms with Gasteiger partial charge in [0.2, 0.25) is 0 Å². The Morgan fingerprint density at radius 1 is 0.208 bits per heavy atom. The number of hydrogen-bond acceptors (Lipinski definition) is 3. The highest BCUT2D eigenvalue weighted by Crippen LogP contribution is 2.42. The van der Waals surface area contributed by atoms with Crippen molar-refractivity contribution >= 4 is 87.2 Å². The van der Waals surface area contributed by atoms with Crippen molar-refractivity contribution in [2.45, 2.75) is 0 Å². The lowest BCUT2D eigenvalue weighted by Crippen LogP contribution is -1.99. The molecular formula is C89H55N7. The highest BCUT2D eigenvalue weighted by molar-refractivity contribution is 6.15. The molecular weight excluding hydrogens is 1170 g/mol. The summed E-state index contributed by atoms with van der Waals surface area (Å²) in [6, 6.07) is 122. The monoisotopic (exact) mass is 1220 g/mol. The molecule has 0 radical (unpaired) electrons. The molecule has 96 heavy (non-hydrogen) atoms. The summed E-state index contributed by atoms with van der Waals surface area (Å²) < 4.78 is 9.52. The summed E-state index contributed by atoms with van der Waals surface area (Å²) in [6.45, 7) is 0. The van der Waals surface area contributed by atoms with Gasteiger partial charge in [0, 0.05) is 82.5 Å². The summed E-state index contributed by atoms with van der Waals surface area (Å²) in [6.07, 6.45) is 0. The van der Waals surface area contributed by atoms with E-state index in [1.807, 2.05) is 24.3 Å². The van der Waals surface area contributed by atoms with E-state index in [1.54, 1.807) is 0 Å². The van der Waals surface area contributed by atoms with Crippen LogP contribution in [0.5, 0.6) is 0 Å². The number of nitriles is 1. The van der Waals surface area contributed by atoms with Crippen LogP contribution in [-0.4, -0.2) is 28.2 Å². The molecule has 0 N–H and O–H groups in total. The maximum Gasteiger partial charge on any atom is 0.160 e. The van der Waals surface area contributed by atoms with Gasteiger partial charge in [-0.15, -0.1) is 0 Å². The van der Waals surface area contributed by atoms with E-state index in [9.17, 15) is 5.26 Å². The molecule has 0 aliphatic heterocycles. The molecule has 7 nitrogen and oxygen atoms in total. The van der Waals surface area contributed by atoms with E-state index in [1.165, 1.54) is 76.3 Å². The standard InChI is InChI=1S/C89H55N7/c90-56-57-33-35-58(36-34-57)59-37-39-60(40-38-59)89-91-79(65-17-15-23-69(49-65)95-83-31-13-9-27-73(83)77-53-63(43-47-87(77)95)61-41-45-85-75(51-61)71-25-7-11-29-81(71)93(85)67-19-3-1-4-20-67)55-80(92-89)66-18-16-24-70(50-66)96-84-32-14-10-28-74(84)78-54-64(44-48-88(78)96)62-42-46-86-76(52-62)72-26-8-12-30-82(72)94(86)68-21-5-2-6-22-68/h1-55H. The van der Waals surface area contributed by atoms with Crippen molar-refractivity contribution in [1.82, 2.24) is 28.2 Å². The first-order chi connectivity index (χ1) is 47.5. The molecule has 0 spiro atoms. The van der Waals surface area contributed by atoms with Crippen molar-refractivity contribution in [2.24, 2.45) is 0 Å². The van der Waals surface area contributed by atoms with Crippen LogP contribution in [0.3, 0.4) is 0 Å². The van der Waals surface area contributed by atoms with Gasteiger partial charge < -0.3 is 18.3 Å². The van der Waals surface area contributed by atoms with Gasteiger partial charge in [0.15, 0.2) is 5.82 Å². The molecule has 5 aromatic heterocycles. The van der Waals surface area contributed by atoms with E-state index in [0.717, 1.165) is 95.1 Å². The molecule has 14 aromatic carbocycles. The Kier molecular flexibility index (Phi) is 12.5. The van der Waals surface area contributed by atoms with E-state index >= 15 is 0 Å². The van der Waals surface area contributed by atoms with Crippen molar-refractivity contribution in [3.05, 3.63) is 339 Å². The van der Waals surface area contributed by atoms with Gasteiger partial charge in [-0.1, -0.05) is 194 Å². The minimum Gasteiger partial charge on any atom is -0.309 e. The van der Waals surface area contributed by atoms with Crippen molar-refractivity contribution in [1.29, 1.82) is 5.26 Å². The van der Waals surface area contributed by atoms with Crippen LogP contribution in [0.1, 0.15) is 5.56 Å². The lowest BCUT2D eigenvalue weighted by atomic mass is 10.0. The lowest BCUT2D eigenvalue weighted by molar-refractivity contribution is 1.16. The summed E-state index contributed by atoms with van der Waals surface area (Å²) in [5.41, 5.74) is 25.4. The summed E-state index contributed by atoms with van der Waals surface area (Å²) in [7, 11) is 0. The zero-order valence-corrected chi connectivity index (χ0v) is 51.9. The van der Waals surface area contributed by atoms with Crippen molar-refractivity contribution in [3.63, 3.8) is 0 Å². The average molecular weight is 1220 g/mol. The first-order valence-corrected chi connectivity index (χ1v) is 32.5. The Labute approximate surface area is 552 Å². The minimum absolute atomic E-state index is 0.615. The van der Waals surface area contributed by atoms with E-state index in [-0.39, 0.29) is 0 Å². The highest BCUT2D eigenvalue weighted by Gasteiger charge is 2.21. The molecule has 0 saturated carbocycles. The quantitative estimate of drug-likeness (QED) is 0.137. The van der Waals surface area contributed by atoms with Gasteiger partial charge in [-0.05, 0) is 173 Å². The third kappa shape index (κ3) is 8.89. The van der Waals surface area contributed by atoms with Crippen LogP contribution in [0, 0.1) is 11.3 Å². The predicted molar refractivity (Wildman–Crippen MR) is 397 cm³/mol. The van der Waals surface area contributed by atoms with Gasteiger partial charge in [0.25, 0.3) is 0 Å². The number of fused-ring (bicyclic) bond motifs is 12. The number of rotatable bonds is 10. The van der Waals surface area contributed by atoms with Crippen molar-refractivity contribution in [2.75, 3.05) is 0 Å². The highest BCUT2D eigenvalue weighted by atomic mass is 15.0. The second-order valence-electron chi connectivity index (χ2n) is 24.8. The summed E-state index contributed by atoms with van der Waals surface area (Å²) in [5, 5.41) is 19.2. The first-order valence-electron chi connectivity index (χ1n) is 32.5. The van der Waals surface area contributed by atoms with Gasteiger partial charge in [0.1, 0.15) is 0 Å². The fourth-order valence-electron chi connectivity index (χ4n) is 14.9. The molecule has 0 aliphatic rings. The first kappa shape index (κ1) is 54.6. The van der Waals surface area contributed by atoms with Crippen LogP contribution in [-0.2, 0) is 0 Å². The van der Waals surface area contributed by atoms with Gasteiger partial charge in [-0.25, -0.2) is 9.97 Å². The van der Waals surface area contributed by atoms with Crippen LogP contribution < -0.4 is 0 Å². The fraction of sp³-hybridized carbons (Fsp3) is 0. The molecule has 19 aromatic rings. The fourth-order valence-corrected chi connectivity index (χ4v) is 14.9. The zero-order chi connectivity index (χ0) is 63.4. The van der Waals surface area contributed by atoms with E-state index in [4.69, 9.17) is 9.97 Å². The summed E-state index contributed by atoms with van der Waals surface area (Å²) in [5.74, 6) is 0.615. The Morgan fingerprint density at radius 2 is 0.500 bits per heavy atom. The van der Waals surface area contributed by atoms with E-state index < -0.39 is 0 Å². The van der Waals surface area contributed by atoms with Gasteiger partial charge >= 0.3 is 0 Å². The molecule has 7 heteroatoms. The molecule has 0 amide bonds. The Morgan fingerprint density at radius 3 is 0.865 bits per heavy atom. The Hall–Kier alpha value is -13.2. The van der Waals surface area contributed by atoms with Crippen LogP contribution >= 0.6 is 0 Å². The second kappa shape index (κ2) is 22.0. The van der Waals surface area contributed by atoms with Crippen molar-refractivity contribution in [3.8, 4) is 96.1 Å². The van der Waals surface area contributed by atoms with Crippen LogP contribution in [0.2, 0.25) is 0 Å². The third-order valence-electron chi connectivity index (χ3n) is 19.4. The molecule has 0 aliphatic carbocycles. The molecule has 0 atom stereocenters. The molecule has 0 unspecified atom stereocenters. The summed E-state index contributed by atoms with van der Waals surface area (Å²) >= 11 is 0. The van der Waals surface area contributed by atoms with Crippen molar-refractivity contribution < 1.29 is 0 Å². The number of benzene rings is 14. The SMILES string of the molecule is N#Cc1ccc(-c2ccc(-c3nc(-c4cccc(-n5c6ccccc6c6cc(-c7ccc8c(c7)c7ccccc7n8-c7ccccc7)ccc65)c4)cc(-c4cccc(-n5c6ccccc6c6cc(-c7ccc8c(c7)c7ccccc7n8-c7ccccc7)ccc65)c4)n3)cc2)cc1. The zero-order valence-electron chi connectivity index (χ0n) is 51.9. The molecule has 5 heterocycles. The van der Waals surface area contributed by atoms with Gasteiger partial charge in [-0.2, -0.15) is 5.26 Å². The maximum absolute atomic E-state index is 9.53. The number of hydrogen-bond donors (Lipinski definition) is 0. The topological polar surface area (TPSA) is 69.3 Å². The summed E-state index contributed by atoms with van der Waals surface area (Å²) in [4.78, 5) is 10.9. The molecule has 446 valence electrons. The number of nitrogens with zero attached hydrogens (tertiary/aromatic N) is 7. The molecule has 0 bridgehead atoms. The maximum atomic E-state index is 9.53. The van der Waals surface area contributed by atoms with Crippen LogP contribution in [0.4, 0.5) is 0 Å². The largest absolute Gasteiger partial charge is 0.309 e.